The number of rotatable bonds is 7. The molecule has 3 nitrogen and oxygen atoms in total. The predicted octanol–water partition coefficient (Wildman–Crippen LogP) is 3.49. The van der Waals surface area contributed by atoms with Gasteiger partial charge in [-0.15, -0.1) is 0 Å². The SMILES string of the molecule is CCNC(COc1ccc(OCC)cc1)C(C)(C)C. The Hall–Kier alpha value is -1.22. The molecule has 108 valence electrons. The largest absolute Gasteiger partial charge is 0.494 e. The fourth-order valence-electron chi connectivity index (χ4n) is 1.84. The number of hydrogen-bond acceptors (Lipinski definition) is 3. The van der Waals surface area contributed by atoms with E-state index in [0.29, 0.717) is 19.3 Å². The molecule has 0 amide bonds. The summed E-state index contributed by atoms with van der Waals surface area (Å²) in [7, 11) is 0. The molecule has 0 aliphatic rings. The predicted molar refractivity (Wildman–Crippen MR) is 80.0 cm³/mol. The van der Waals surface area contributed by atoms with E-state index in [1.807, 2.05) is 31.2 Å². The third kappa shape index (κ3) is 5.52. The van der Waals surface area contributed by atoms with E-state index in [1.165, 1.54) is 0 Å². The molecule has 1 atom stereocenters. The van der Waals surface area contributed by atoms with Crippen molar-refractivity contribution >= 4 is 0 Å². The number of benzene rings is 1. The number of likely N-dealkylation sites (N-methyl/N-ethyl adjacent to an activating group) is 1. The van der Waals surface area contributed by atoms with E-state index in [4.69, 9.17) is 9.47 Å². The van der Waals surface area contributed by atoms with Gasteiger partial charge in [-0.25, -0.2) is 0 Å². The van der Waals surface area contributed by atoms with Gasteiger partial charge in [-0.05, 0) is 43.1 Å². The van der Waals surface area contributed by atoms with E-state index in [0.717, 1.165) is 18.0 Å². The average molecular weight is 265 g/mol. The number of nitrogens with one attached hydrogen (secondary N) is 1. The molecule has 1 aromatic rings. The Kier molecular flexibility index (Phi) is 6.16. The van der Waals surface area contributed by atoms with Gasteiger partial charge in [0.2, 0.25) is 0 Å². The first kappa shape index (κ1) is 15.8. The van der Waals surface area contributed by atoms with Crippen molar-refractivity contribution < 1.29 is 9.47 Å². The third-order valence-corrected chi connectivity index (χ3v) is 3.05. The Morgan fingerprint density at radius 1 is 1.00 bits per heavy atom. The van der Waals surface area contributed by atoms with Gasteiger partial charge in [-0.2, -0.15) is 0 Å². The second-order valence-electron chi connectivity index (χ2n) is 5.69. The van der Waals surface area contributed by atoms with Gasteiger partial charge < -0.3 is 14.8 Å². The highest BCUT2D eigenvalue weighted by Crippen LogP contribution is 2.22. The van der Waals surface area contributed by atoms with Gasteiger partial charge >= 0.3 is 0 Å². The highest BCUT2D eigenvalue weighted by atomic mass is 16.5. The molecule has 0 aliphatic heterocycles. The minimum atomic E-state index is 0.182. The molecule has 0 fully saturated rings. The van der Waals surface area contributed by atoms with Gasteiger partial charge in [0.25, 0.3) is 0 Å². The summed E-state index contributed by atoms with van der Waals surface area (Å²) in [5.41, 5.74) is 0.182. The second-order valence-corrected chi connectivity index (χ2v) is 5.69. The van der Waals surface area contributed by atoms with Crippen molar-refractivity contribution in [1.82, 2.24) is 5.32 Å². The van der Waals surface area contributed by atoms with Crippen LogP contribution in [-0.2, 0) is 0 Å². The molecular formula is C16H27NO2. The van der Waals surface area contributed by atoms with Crippen LogP contribution in [0.15, 0.2) is 24.3 Å². The summed E-state index contributed by atoms with van der Waals surface area (Å²) in [4.78, 5) is 0. The molecule has 0 saturated carbocycles. The van der Waals surface area contributed by atoms with Crippen LogP contribution in [0, 0.1) is 5.41 Å². The maximum absolute atomic E-state index is 5.86. The monoisotopic (exact) mass is 265 g/mol. The lowest BCUT2D eigenvalue weighted by Crippen LogP contribution is -2.44. The van der Waals surface area contributed by atoms with Crippen molar-refractivity contribution in [2.75, 3.05) is 19.8 Å². The van der Waals surface area contributed by atoms with Crippen molar-refractivity contribution in [2.24, 2.45) is 5.41 Å². The smallest absolute Gasteiger partial charge is 0.119 e. The Labute approximate surface area is 117 Å². The maximum atomic E-state index is 5.86. The molecular weight excluding hydrogens is 238 g/mol. The normalized spacial score (nSPS) is 13.1. The van der Waals surface area contributed by atoms with E-state index in [2.05, 4.69) is 33.0 Å². The first-order valence-electron chi connectivity index (χ1n) is 7.06. The van der Waals surface area contributed by atoms with Crippen LogP contribution in [0.25, 0.3) is 0 Å². The Balaban J connectivity index is 2.54. The number of ether oxygens (including phenoxy) is 2. The van der Waals surface area contributed by atoms with Crippen molar-refractivity contribution in [3.05, 3.63) is 24.3 Å². The van der Waals surface area contributed by atoms with Crippen LogP contribution in [0.2, 0.25) is 0 Å². The summed E-state index contributed by atoms with van der Waals surface area (Å²) in [6.45, 7) is 13.1. The minimum absolute atomic E-state index is 0.182. The van der Waals surface area contributed by atoms with Crippen LogP contribution < -0.4 is 14.8 Å². The quantitative estimate of drug-likeness (QED) is 0.818. The summed E-state index contributed by atoms with van der Waals surface area (Å²) < 4.78 is 11.3. The topological polar surface area (TPSA) is 30.5 Å². The van der Waals surface area contributed by atoms with E-state index in [1.54, 1.807) is 0 Å². The lowest BCUT2D eigenvalue weighted by Gasteiger charge is -2.31. The molecule has 19 heavy (non-hydrogen) atoms. The van der Waals surface area contributed by atoms with E-state index >= 15 is 0 Å². The maximum Gasteiger partial charge on any atom is 0.119 e. The molecule has 0 bridgehead atoms. The first-order chi connectivity index (χ1) is 8.97. The highest BCUT2D eigenvalue weighted by Gasteiger charge is 2.24. The first-order valence-corrected chi connectivity index (χ1v) is 7.06. The van der Waals surface area contributed by atoms with Crippen LogP contribution in [0.5, 0.6) is 11.5 Å². The van der Waals surface area contributed by atoms with E-state index < -0.39 is 0 Å². The Morgan fingerprint density at radius 3 is 1.95 bits per heavy atom. The lowest BCUT2D eigenvalue weighted by atomic mass is 9.87. The van der Waals surface area contributed by atoms with E-state index in [9.17, 15) is 0 Å². The Bertz CT molecular complexity index is 354. The summed E-state index contributed by atoms with van der Waals surface area (Å²) >= 11 is 0. The zero-order chi connectivity index (χ0) is 14.3. The summed E-state index contributed by atoms with van der Waals surface area (Å²) in [6.07, 6.45) is 0. The third-order valence-electron chi connectivity index (χ3n) is 3.05. The van der Waals surface area contributed by atoms with Gasteiger partial charge in [0.1, 0.15) is 18.1 Å². The van der Waals surface area contributed by atoms with E-state index in [-0.39, 0.29) is 5.41 Å². The molecule has 0 radical (unpaired) electrons. The van der Waals surface area contributed by atoms with Gasteiger partial charge in [-0.1, -0.05) is 27.7 Å². The van der Waals surface area contributed by atoms with Crippen LogP contribution in [0.4, 0.5) is 0 Å². The lowest BCUT2D eigenvalue weighted by molar-refractivity contribution is 0.176. The average Bonchev–Trinajstić information content (AvgIpc) is 2.35. The Morgan fingerprint density at radius 2 is 1.53 bits per heavy atom. The van der Waals surface area contributed by atoms with Crippen molar-refractivity contribution in [3.8, 4) is 11.5 Å². The second kappa shape index (κ2) is 7.39. The molecule has 1 N–H and O–H groups in total. The highest BCUT2D eigenvalue weighted by molar-refractivity contribution is 5.31. The summed E-state index contributed by atoms with van der Waals surface area (Å²) in [5, 5.41) is 3.47. The van der Waals surface area contributed by atoms with Gasteiger partial charge in [0.15, 0.2) is 0 Å². The van der Waals surface area contributed by atoms with Gasteiger partial charge in [0, 0.05) is 6.04 Å². The molecule has 0 spiro atoms. The van der Waals surface area contributed by atoms with Gasteiger partial charge in [0.05, 0.1) is 6.61 Å². The molecule has 1 rings (SSSR count). The standard InChI is InChI=1S/C16H27NO2/c1-6-17-15(16(3,4)5)12-19-14-10-8-13(9-11-14)18-7-2/h8-11,15,17H,6-7,12H2,1-5H3. The molecule has 0 aliphatic carbocycles. The summed E-state index contributed by atoms with van der Waals surface area (Å²) in [6, 6.07) is 8.13. The molecule has 3 heteroatoms. The minimum Gasteiger partial charge on any atom is -0.494 e. The molecule has 0 heterocycles. The van der Waals surface area contributed by atoms with Crippen molar-refractivity contribution in [2.45, 2.75) is 40.7 Å². The van der Waals surface area contributed by atoms with Crippen LogP contribution >= 0.6 is 0 Å². The van der Waals surface area contributed by atoms with Crippen LogP contribution in [-0.4, -0.2) is 25.8 Å². The molecule has 1 unspecified atom stereocenters. The van der Waals surface area contributed by atoms with Crippen LogP contribution in [0.1, 0.15) is 34.6 Å². The number of hydrogen-bond donors (Lipinski definition) is 1. The van der Waals surface area contributed by atoms with Crippen molar-refractivity contribution in [1.29, 1.82) is 0 Å². The van der Waals surface area contributed by atoms with Crippen molar-refractivity contribution in [3.63, 3.8) is 0 Å². The fraction of sp³-hybridized carbons (Fsp3) is 0.625. The molecule has 1 aromatic carbocycles. The molecule has 0 aromatic heterocycles. The zero-order valence-electron chi connectivity index (χ0n) is 12.8. The van der Waals surface area contributed by atoms with Crippen LogP contribution in [0.3, 0.4) is 0 Å². The fourth-order valence-corrected chi connectivity index (χ4v) is 1.84. The summed E-state index contributed by atoms with van der Waals surface area (Å²) in [5.74, 6) is 1.77. The zero-order valence-corrected chi connectivity index (χ0v) is 12.8. The molecule has 0 saturated heterocycles. The van der Waals surface area contributed by atoms with Gasteiger partial charge in [-0.3, -0.25) is 0 Å².